The molecule has 0 aromatic heterocycles. The topological polar surface area (TPSA) is 84.9 Å². The van der Waals surface area contributed by atoms with Crippen LogP contribution < -0.4 is 4.72 Å². The summed E-state index contributed by atoms with van der Waals surface area (Å²) in [7, 11) is -1.30. The number of likely N-dealkylation sites (N-methyl/N-ethyl adjacent to an activating group) is 1. The number of amides is 1. The molecule has 0 spiro atoms. The average Bonchev–Trinajstić information content (AvgIpc) is 2.82. The van der Waals surface area contributed by atoms with Crippen molar-refractivity contribution in [1.82, 2.24) is 9.79 Å². The van der Waals surface area contributed by atoms with Crippen molar-refractivity contribution in [2.24, 2.45) is 5.92 Å². The van der Waals surface area contributed by atoms with Crippen molar-refractivity contribution >= 4 is 15.9 Å². The van der Waals surface area contributed by atoms with Crippen LogP contribution in [0, 0.1) is 5.92 Å². The van der Waals surface area contributed by atoms with E-state index in [2.05, 4.69) is 4.72 Å². The second-order valence-corrected chi connectivity index (χ2v) is 7.37. The highest BCUT2D eigenvalue weighted by molar-refractivity contribution is 7.89. The lowest BCUT2D eigenvalue weighted by Gasteiger charge is -2.20. The fourth-order valence-electron chi connectivity index (χ4n) is 2.18. The van der Waals surface area contributed by atoms with Gasteiger partial charge in [0.05, 0.1) is 25.4 Å². The Kier molecular flexibility index (Phi) is 6.81. The Labute approximate surface area is 133 Å². The summed E-state index contributed by atoms with van der Waals surface area (Å²) in [5, 5.41) is 1.01. The SMILES string of the molecule is CON(C)C(=O)[C@@H]1OC(CNS(=O)(=O)CCC(F)(F)F)C[C@@H]1C. The number of sulfonamides is 1. The summed E-state index contributed by atoms with van der Waals surface area (Å²) in [6.07, 6.45) is -6.88. The van der Waals surface area contributed by atoms with Gasteiger partial charge in [0.25, 0.3) is 5.91 Å². The molecule has 1 saturated heterocycles. The van der Waals surface area contributed by atoms with E-state index in [9.17, 15) is 26.4 Å². The summed E-state index contributed by atoms with van der Waals surface area (Å²) in [4.78, 5) is 16.7. The minimum atomic E-state index is -4.53. The zero-order valence-corrected chi connectivity index (χ0v) is 13.9. The molecule has 0 aliphatic carbocycles. The monoisotopic (exact) mass is 362 g/mol. The van der Waals surface area contributed by atoms with Crippen LogP contribution in [-0.4, -0.2) is 64.2 Å². The third-order valence-corrected chi connectivity index (χ3v) is 4.85. The van der Waals surface area contributed by atoms with E-state index in [0.717, 1.165) is 5.06 Å². The summed E-state index contributed by atoms with van der Waals surface area (Å²) >= 11 is 0. The van der Waals surface area contributed by atoms with Gasteiger partial charge in [0.2, 0.25) is 10.0 Å². The van der Waals surface area contributed by atoms with Crippen molar-refractivity contribution in [2.45, 2.75) is 38.1 Å². The van der Waals surface area contributed by atoms with Gasteiger partial charge in [0, 0.05) is 13.6 Å². The van der Waals surface area contributed by atoms with Gasteiger partial charge in [-0.3, -0.25) is 9.63 Å². The van der Waals surface area contributed by atoms with Crippen molar-refractivity contribution in [3.8, 4) is 0 Å². The first-order valence-electron chi connectivity index (χ1n) is 6.96. The largest absolute Gasteiger partial charge is 0.390 e. The van der Waals surface area contributed by atoms with Crippen LogP contribution in [-0.2, 0) is 24.4 Å². The van der Waals surface area contributed by atoms with E-state index < -0.39 is 46.5 Å². The molecular weight excluding hydrogens is 341 g/mol. The van der Waals surface area contributed by atoms with Crippen LogP contribution >= 0.6 is 0 Å². The molecule has 0 bridgehead atoms. The summed E-state index contributed by atoms with van der Waals surface area (Å²) < 4.78 is 66.8. The number of carbonyl (C=O) groups excluding carboxylic acids is 1. The molecular formula is C12H21F3N2O5S. The maximum Gasteiger partial charge on any atom is 0.390 e. The summed E-state index contributed by atoms with van der Waals surface area (Å²) in [6, 6.07) is 0. The van der Waals surface area contributed by atoms with Gasteiger partial charge < -0.3 is 4.74 Å². The number of hydrogen-bond donors (Lipinski definition) is 1. The minimum absolute atomic E-state index is 0.162. The van der Waals surface area contributed by atoms with Crippen LogP contribution in [0.25, 0.3) is 0 Å². The molecule has 0 radical (unpaired) electrons. The average molecular weight is 362 g/mol. The normalized spacial score (nSPS) is 25.6. The van der Waals surface area contributed by atoms with Crippen molar-refractivity contribution in [2.75, 3.05) is 26.5 Å². The van der Waals surface area contributed by atoms with Crippen molar-refractivity contribution < 1.29 is 36.0 Å². The quantitative estimate of drug-likeness (QED) is 0.673. The highest BCUT2D eigenvalue weighted by Crippen LogP contribution is 2.27. The van der Waals surface area contributed by atoms with Gasteiger partial charge in [-0.2, -0.15) is 13.2 Å². The Bertz CT molecular complexity index is 511. The Balaban J connectivity index is 2.49. The molecule has 1 rings (SSSR count). The molecule has 11 heteroatoms. The van der Waals surface area contributed by atoms with E-state index in [1.807, 2.05) is 0 Å². The predicted molar refractivity (Wildman–Crippen MR) is 74.7 cm³/mol. The van der Waals surface area contributed by atoms with Crippen molar-refractivity contribution in [1.29, 1.82) is 0 Å². The van der Waals surface area contributed by atoms with Crippen LogP contribution in [0.15, 0.2) is 0 Å². The first-order valence-corrected chi connectivity index (χ1v) is 8.61. The third kappa shape index (κ3) is 6.61. The molecule has 3 atom stereocenters. The second kappa shape index (κ2) is 7.77. The lowest BCUT2D eigenvalue weighted by molar-refractivity contribution is -0.181. The summed E-state index contributed by atoms with van der Waals surface area (Å²) in [5.41, 5.74) is 0. The van der Waals surface area contributed by atoms with Gasteiger partial charge in [-0.15, -0.1) is 0 Å². The lowest BCUT2D eigenvalue weighted by atomic mass is 10.0. The standard InChI is InChI=1S/C12H21F3N2O5S/c1-8-6-9(22-10(8)11(18)17(2)21-3)7-16-23(19,20)5-4-12(13,14)15/h8-10,16H,4-7H2,1-3H3/t8-,9?,10+/m0/s1. The van der Waals surface area contributed by atoms with E-state index >= 15 is 0 Å². The highest BCUT2D eigenvalue weighted by atomic mass is 32.2. The van der Waals surface area contributed by atoms with Gasteiger partial charge in [0.15, 0.2) is 0 Å². The fourth-order valence-corrected chi connectivity index (χ4v) is 3.26. The Morgan fingerprint density at radius 3 is 2.57 bits per heavy atom. The zero-order valence-electron chi connectivity index (χ0n) is 13.1. The molecule has 1 aliphatic heterocycles. The van der Waals surface area contributed by atoms with Gasteiger partial charge in [-0.1, -0.05) is 6.92 Å². The molecule has 1 N–H and O–H groups in total. The number of hydroxylamine groups is 2. The minimum Gasteiger partial charge on any atom is -0.363 e. The Morgan fingerprint density at radius 2 is 2.04 bits per heavy atom. The molecule has 1 unspecified atom stereocenters. The molecule has 0 aromatic carbocycles. The number of nitrogens with one attached hydrogen (secondary N) is 1. The number of nitrogens with zero attached hydrogens (tertiary/aromatic N) is 1. The first kappa shape index (κ1) is 20.1. The first-order chi connectivity index (χ1) is 10.4. The number of rotatable bonds is 7. The molecule has 23 heavy (non-hydrogen) atoms. The molecule has 1 fully saturated rings. The van der Waals surface area contributed by atoms with Crippen LogP contribution in [0.1, 0.15) is 19.8 Å². The van der Waals surface area contributed by atoms with Gasteiger partial charge in [0.1, 0.15) is 6.10 Å². The van der Waals surface area contributed by atoms with Crippen molar-refractivity contribution in [3.05, 3.63) is 0 Å². The lowest BCUT2D eigenvalue weighted by Crippen LogP contribution is -2.39. The number of ether oxygens (including phenoxy) is 1. The van der Waals surface area contributed by atoms with E-state index in [0.29, 0.717) is 6.42 Å². The van der Waals surface area contributed by atoms with E-state index in [1.54, 1.807) is 6.92 Å². The van der Waals surface area contributed by atoms with E-state index in [1.165, 1.54) is 14.2 Å². The third-order valence-electron chi connectivity index (χ3n) is 3.50. The van der Waals surface area contributed by atoms with E-state index in [-0.39, 0.29) is 12.5 Å². The fraction of sp³-hybridized carbons (Fsp3) is 0.917. The van der Waals surface area contributed by atoms with Crippen LogP contribution in [0.4, 0.5) is 13.2 Å². The van der Waals surface area contributed by atoms with E-state index in [4.69, 9.17) is 9.57 Å². The van der Waals surface area contributed by atoms with Gasteiger partial charge >= 0.3 is 6.18 Å². The highest BCUT2D eigenvalue weighted by Gasteiger charge is 2.39. The van der Waals surface area contributed by atoms with Crippen LogP contribution in [0.2, 0.25) is 0 Å². The molecule has 0 saturated carbocycles. The molecule has 7 nitrogen and oxygen atoms in total. The van der Waals surface area contributed by atoms with Gasteiger partial charge in [-0.05, 0) is 12.3 Å². The Hall–Kier alpha value is -0.910. The van der Waals surface area contributed by atoms with Crippen LogP contribution in [0.3, 0.4) is 0 Å². The number of carbonyl (C=O) groups is 1. The molecule has 1 heterocycles. The maximum atomic E-state index is 12.1. The van der Waals surface area contributed by atoms with Crippen LogP contribution in [0.5, 0.6) is 0 Å². The number of alkyl halides is 3. The molecule has 1 amide bonds. The molecule has 136 valence electrons. The van der Waals surface area contributed by atoms with Gasteiger partial charge in [-0.25, -0.2) is 18.2 Å². The zero-order chi connectivity index (χ0) is 17.8. The summed E-state index contributed by atoms with van der Waals surface area (Å²) in [6.45, 7) is 1.59. The molecule has 0 aromatic rings. The second-order valence-electron chi connectivity index (χ2n) is 5.44. The summed E-state index contributed by atoms with van der Waals surface area (Å²) in [5.74, 6) is -1.60. The number of halogens is 3. The smallest absolute Gasteiger partial charge is 0.363 e. The van der Waals surface area contributed by atoms with Crippen molar-refractivity contribution in [3.63, 3.8) is 0 Å². The predicted octanol–water partition coefficient (Wildman–Crippen LogP) is 0.672. The molecule has 1 aliphatic rings. The number of hydrogen-bond acceptors (Lipinski definition) is 5. The maximum absolute atomic E-state index is 12.1. The Morgan fingerprint density at radius 1 is 1.43 bits per heavy atom.